The van der Waals surface area contributed by atoms with E-state index >= 15 is 0 Å². The van der Waals surface area contributed by atoms with E-state index in [0.717, 1.165) is 16.7 Å². The number of hydrogen-bond donors (Lipinski definition) is 3. The number of imidazole rings is 1. The van der Waals surface area contributed by atoms with Gasteiger partial charge in [0.1, 0.15) is 35.8 Å². The molecule has 12 nitrogen and oxygen atoms in total. The van der Waals surface area contributed by atoms with Gasteiger partial charge in [0.25, 0.3) is 0 Å². The van der Waals surface area contributed by atoms with Crippen LogP contribution in [0.25, 0.3) is 11.2 Å². The van der Waals surface area contributed by atoms with Crippen LogP contribution in [0.1, 0.15) is 43.2 Å². The fourth-order valence-electron chi connectivity index (χ4n) is 5.82. The van der Waals surface area contributed by atoms with Gasteiger partial charge in [0, 0.05) is 12.3 Å². The van der Waals surface area contributed by atoms with Crippen LogP contribution in [0.15, 0.2) is 85.2 Å². The average Bonchev–Trinajstić information content (AvgIpc) is 3.65. The Balaban J connectivity index is 1.37. The Bertz CT molecular complexity index is 1780. The van der Waals surface area contributed by atoms with Crippen molar-refractivity contribution in [2.75, 3.05) is 26.1 Å². The highest BCUT2D eigenvalue weighted by Gasteiger charge is 2.43. The minimum Gasteiger partial charge on any atom is -0.497 e. The molecule has 1 aliphatic heterocycles. The van der Waals surface area contributed by atoms with Crippen molar-refractivity contribution in [3.05, 3.63) is 102 Å². The molecule has 12 heteroatoms. The molecule has 3 N–H and O–H groups in total. The normalized spacial score (nSPS) is 18.0. The van der Waals surface area contributed by atoms with Crippen molar-refractivity contribution >= 4 is 23.0 Å². The van der Waals surface area contributed by atoms with Crippen molar-refractivity contribution in [3.8, 4) is 17.4 Å². The molecule has 47 heavy (non-hydrogen) atoms. The van der Waals surface area contributed by atoms with Gasteiger partial charge in [-0.2, -0.15) is 4.98 Å². The van der Waals surface area contributed by atoms with Gasteiger partial charge in [-0.25, -0.2) is 9.97 Å². The van der Waals surface area contributed by atoms with Crippen LogP contribution in [0.2, 0.25) is 0 Å². The van der Waals surface area contributed by atoms with Crippen LogP contribution in [0, 0.1) is 5.92 Å². The van der Waals surface area contributed by atoms with Crippen LogP contribution < -0.4 is 14.8 Å². The number of benzene rings is 3. The highest BCUT2D eigenvalue weighted by molar-refractivity contribution is 5.92. The molecule has 0 spiro atoms. The van der Waals surface area contributed by atoms with Crippen LogP contribution in [-0.2, 0) is 19.9 Å². The zero-order valence-corrected chi connectivity index (χ0v) is 26.5. The maximum Gasteiger partial charge on any atom is 0.243 e. The molecule has 244 valence electrons. The molecule has 1 aliphatic rings. The molecule has 0 bridgehead atoms. The number of nitrogens with zero attached hydrogens (tertiary/aromatic N) is 4. The molecule has 5 aromatic rings. The summed E-state index contributed by atoms with van der Waals surface area (Å²) in [4.78, 5) is 25.2. The van der Waals surface area contributed by atoms with Gasteiger partial charge in [-0.1, -0.05) is 68.4 Å². The predicted molar refractivity (Wildman–Crippen MR) is 173 cm³/mol. The maximum atomic E-state index is 12.7. The number of ether oxygens (including phenoxy) is 4. The third-order valence-corrected chi connectivity index (χ3v) is 8.35. The third-order valence-electron chi connectivity index (χ3n) is 8.35. The summed E-state index contributed by atoms with van der Waals surface area (Å²) in [5.41, 5.74) is 1.79. The lowest BCUT2D eigenvalue weighted by Crippen LogP contribution is -2.38. The Morgan fingerprint density at radius 1 is 0.957 bits per heavy atom. The molecule has 3 aromatic carbocycles. The van der Waals surface area contributed by atoms with Gasteiger partial charge in [0.15, 0.2) is 11.2 Å². The summed E-state index contributed by atoms with van der Waals surface area (Å²) in [6.07, 6.45) is -1.15. The smallest absolute Gasteiger partial charge is 0.243 e. The van der Waals surface area contributed by atoms with E-state index < -0.39 is 24.0 Å². The van der Waals surface area contributed by atoms with Gasteiger partial charge in [-0.3, -0.25) is 14.7 Å². The summed E-state index contributed by atoms with van der Waals surface area (Å²) in [7, 11) is 3.23. The van der Waals surface area contributed by atoms with Crippen LogP contribution in [0.3, 0.4) is 0 Å². The fourth-order valence-corrected chi connectivity index (χ4v) is 5.82. The molecular weight excluding hydrogens is 602 g/mol. The van der Waals surface area contributed by atoms with E-state index in [-0.39, 0.29) is 47.8 Å². The second-order valence-electron chi connectivity index (χ2n) is 11.6. The summed E-state index contributed by atoms with van der Waals surface area (Å²) in [5, 5.41) is 24.5. The van der Waals surface area contributed by atoms with E-state index in [1.54, 1.807) is 32.6 Å². The van der Waals surface area contributed by atoms with Crippen molar-refractivity contribution in [1.82, 2.24) is 19.5 Å². The molecule has 1 saturated heterocycles. The molecule has 2 aromatic heterocycles. The zero-order valence-electron chi connectivity index (χ0n) is 26.5. The number of amides is 1. The van der Waals surface area contributed by atoms with E-state index in [1.807, 2.05) is 78.9 Å². The molecule has 6 rings (SSSR count). The first-order chi connectivity index (χ1) is 22.7. The minimum absolute atomic E-state index is 0.00876. The molecule has 0 radical (unpaired) electrons. The molecule has 1 amide bonds. The monoisotopic (exact) mass is 639 g/mol. The second kappa shape index (κ2) is 13.4. The number of carbonyl (C=O) groups is 1. The number of carbonyl (C=O) groups excluding carboxylic acids is 1. The van der Waals surface area contributed by atoms with Crippen molar-refractivity contribution in [2.45, 2.75) is 44.3 Å². The van der Waals surface area contributed by atoms with Crippen molar-refractivity contribution in [1.29, 1.82) is 0 Å². The van der Waals surface area contributed by atoms with Gasteiger partial charge < -0.3 is 29.2 Å². The number of methoxy groups -OCH3 is 2. The number of aliphatic hydroxyl groups is 1. The second-order valence-corrected chi connectivity index (χ2v) is 11.6. The van der Waals surface area contributed by atoms with Gasteiger partial charge in [-0.05, 0) is 41.0 Å². The third kappa shape index (κ3) is 6.10. The molecule has 0 aliphatic carbocycles. The molecule has 1 fully saturated rings. The standard InChI is InChI=1S/C35H37N5O7/c1-21(2)32(42)39-34-38-30-31(36-20-37-33(30)43)40(34)29-18-27(41)28(47-29)19-46-35(22-8-6-5-7-9-22,23-10-14-25(44-3)15-11-23)24-12-16-26(45-4)17-13-24/h5-17,20-21,27-29,41H,18-19H2,1-4H3,(H,36,37,43)(H,38,39,42)/t27-,28+,29+/m0/s1. The van der Waals surface area contributed by atoms with E-state index in [4.69, 9.17) is 18.9 Å². The van der Waals surface area contributed by atoms with Crippen LogP contribution >= 0.6 is 0 Å². The lowest BCUT2D eigenvalue weighted by Gasteiger charge is -2.37. The lowest BCUT2D eigenvalue weighted by atomic mass is 9.80. The van der Waals surface area contributed by atoms with Crippen molar-refractivity contribution in [2.24, 2.45) is 5.92 Å². The Labute approximate surface area is 271 Å². The number of nitrogens with one attached hydrogen (secondary N) is 1. The first-order valence-electron chi connectivity index (χ1n) is 15.3. The quantitative estimate of drug-likeness (QED) is 0.172. The highest BCUT2D eigenvalue weighted by atomic mass is 16.6. The highest BCUT2D eigenvalue weighted by Crippen LogP contribution is 2.43. The number of anilines is 1. The summed E-state index contributed by atoms with van der Waals surface area (Å²) >= 11 is 0. The molecule has 0 saturated carbocycles. The Morgan fingerprint density at radius 2 is 1.55 bits per heavy atom. The van der Waals surface area contributed by atoms with E-state index in [9.17, 15) is 15.0 Å². The first kappa shape index (κ1) is 31.9. The molecule has 3 atom stereocenters. The van der Waals surface area contributed by atoms with Gasteiger partial charge >= 0.3 is 0 Å². The largest absolute Gasteiger partial charge is 0.497 e. The van der Waals surface area contributed by atoms with E-state index in [2.05, 4.69) is 20.3 Å². The SMILES string of the molecule is COc1ccc(C(OC[C@H]2O[C@@H](n3c(NC(=O)C(C)C)nc4c(O)ncnc43)C[C@@H]2O)(c2ccccc2)c2ccc(OC)cc2)cc1. The number of hydrogen-bond acceptors (Lipinski definition) is 10. The number of fused-ring (bicyclic) bond motifs is 1. The lowest BCUT2D eigenvalue weighted by molar-refractivity contribution is -0.119. The number of rotatable bonds is 11. The molecule has 3 heterocycles. The summed E-state index contributed by atoms with van der Waals surface area (Å²) in [5.74, 6) is 0.582. The fraction of sp³-hybridized carbons (Fsp3) is 0.314. The van der Waals surface area contributed by atoms with Crippen molar-refractivity contribution < 1.29 is 34.0 Å². The number of aliphatic hydroxyl groups excluding tert-OH is 1. The van der Waals surface area contributed by atoms with Gasteiger partial charge in [0.05, 0.1) is 26.9 Å². The first-order valence-corrected chi connectivity index (χ1v) is 15.3. The Kier molecular flexibility index (Phi) is 9.08. The van der Waals surface area contributed by atoms with Gasteiger partial charge in [-0.15, -0.1) is 0 Å². The Hall–Kier alpha value is -5.04. The van der Waals surface area contributed by atoms with Crippen LogP contribution in [0.5, 0.6) is 17.4 Å². The summed E-state index contributed by atoms with van der Waals surface area (Å²) < 4.78 is 25.9. The topological polar surface area (TPSA) is 150 Å². The zero-order chi connectivity index (χ0) is 33.1. The minimum atomic E-state index is -1.11. The van der Waals surface area contributed by atoms with Crippen LogP contribution in [-0.4, -0.2) is 68.7 Å². The average molecular weight is 640 g/mol. The number of aromatic hydroxyl groups is 1. The maximum absolute atomic E-state index is 12.7. The van der Waals surface area contributed by atoms with E-state index in [1.165, 1.54) is 6.33 Å². The summed E-state index contributed by atoms with van der Waals surface area (Å²) in [6.45, 7) is 3.51. The Morgan fingerprint density at radius 3 is 2.13 bits per heavy atom. The van der Waals surface area contributed by atoms with Gasteiger partial charge in [0.2, 0.25) is 17.7 Å². The van der Waals surface area contributed by atoms with Crippen LogP contribution in [0.4, 0.5) is 5.95 Å². The van der Waals surface area contributed by atoms with E-state index in [0.29, 0.717) is 11.5 Å². The van der Waals surface area contributed by atoms with Crippen molar-refractivity contribution in [3.63, 3.8) is 0 Å². The molecular formula is C35H37N5O7. The predicted octanol–water partition coefficient (Wildman–Crippen LogP) is 4.80. The number of aromatic nitrogens is 4. The summed E-state index contributed by atoms with van der Waals surface area (Å²) in [6, 6.07) is 25.2. The molecule has 0 unspecified atom stereocenters.